The first kappa shape index (κ1) is 13.8. The van der Waals surface area contributed by atoms with E-state index in [0.717, 1.165) is 4.90 Å². The minimum Gasteiger partial charge on any atom is -0.336 e. The predicted octanol–water partition coefficient (Wildman–Crippen LogP) is 0.499. The molecule has 0 radical (unpaired) electrons. The number of nitrogens with one attached hydrogen (secondary N) is 3. The number of halogens is 1. The van der Waals surface area contributed by atoms with Gasteiger partial charge in [0, 0.05) is 18.8 Å². The number of anilines is 1. The number of carbonyl (C=O) groups excluding carboxylic acids is 3. The normalized spacial score (nSPS) is 14.2. The summed E-state index contributed by atoms with van der Waals surface area (Å²) in [5, 5.41) is 7.28. The topological polar surface area (TPSA) is 90.5 Å². The molecule has 106 valence electrons. The lowest BCUT2D eigenvalue weighted by atomic mass is 10.3. The Morgan fingerprint density at radius 1 is 1.40 bits per heavy atom. The van der Waals surface area contributed by atoms with Gasteiger partial charge in [-0.3, -0.25) is 9.69 Å². The molecule has 5 amide bonds. The minimum absolute atomic E-state index is 0.0195. The summed E-state index contributed by atoms with van der Waals surface area (Å²) in [5.41, 5.74) is 0.317. The number of benzene rings is 1. The number of rotatable bonds is 4. The average molecular weight is 280 g/mol. The van der Waals surface area contributed by atoms with E-state index >= 15 is 0 Å². The summed E-state index contributed by atoms with van der Waals surface area (Å²) in [6, 6.07) is 4.45. The van der Waals surface area contributed by atoms with Gasteiger partial charge in [-0.1, -0.05) is 6.07 Å². The van der Waals surface area contributed by atoms with Crippen molar-refractivity contribution in [2.75, 3.05) is 25.0 Å². The number of amides is 5. The van der Waals surface area contributed by atoms with E-state index in [1.54, 1.807) is 6.07 Å². The molecule has 0 aliphatic carbocycles. The van der Waals surface area contributed by atoms with Crippen molar-refractivity contribution in [1.82, 2.24) is 15.5 Å². The van der Waals surface area contributed by atoms with Crippen LogP contribution in [0.3, 0.4) is 0 Å². The Balaban J connectivity index is 1.75. The van der Waals surface area contributed by atoms with Gasteiger partial charge < -0.3 is 16.0 Å². The lowest BCUT2D eigenvalue weighted by molar-refractivity contribution is -0.124. The van der Waals surface area contributed by atoms with Crippen LogP contribution < -0.4 is 16.0 Å². The number of hydrogen-bond donors (Lipinski definition) is 3. The van der Waals surface area contributed by atoms with Crippen molar-refractivity contribution in [2.24, 2.45) is 0 Å². The SMILES string of the molecule is O=C(NCCN1C(=O)CNC1=O)Nc1cccc(F)c1. The number of hydrogen-bond acceptors (Lipinski definition) is 3. The molecule has 1 fully saturated rings. The fourth-order valence-electron chi connectivity index (χ4n) is 1.70. The molecule has 3 N–H and O–H groups in total. The molecule has 1 aromatic rings. The minimum atomic E-state index is -0.539. The molecule has 8 heteroatoms. The molecule has 1 heterocycles. The fraction of sp³-hybridized carbons (Fsp3) is 0.250. The van der Waals surface area contributed by atoms with Crippen molar-refractivity contribution in [1.29, 1.82) is 0 Å². The van der Waals surface area contributed by atoms with Crippen LogP contribution in [0, 0.1) is 5.82 Å². The van der Waals surface area contributed by atoms with E-state index in [1.807, 2.05) is 0 Å². The van der Waals surface area contributed by atoms with Crippen molar-refractivity contribution in [2.45, 2.75) is 0 Å². The first-order valence-electron chi connectivity index (χ1n) is 5.95. The second-order valence-electron chi connectivity index (χ2n) is 4.10. The first-order valence-corrected chi connectivity index (χ1v) is 5.95. The van der Waals surface area contributed by atoms with Gasteiger partial charge in [-0.05, 0) is 18.2 Å². The van der Waals surface area contributed by atoms with Crippen molar-refractivity contribution in [3.8, 4) is 0 Å². The van der Waals surface area contributed by atoms with Gasteiger partial charge in [-0.25, -0.2) is 14.0 Å². The van der Waals surface area contributed by atoms with Crippen LogP contribution in [0.25, 0.3) is 0 Å². The highest BCUT2D eigenvalue weighted by Crippen LogP contribution is 2.08. The third kappa shape index (κ3) is 3.44. The van der Waals surface area contributed by atoms with E-state index < -0.39 is 17.9 Å². The summed E-state index contributed by atoms with van der Waals surface area (Å²) in [6.45, 7) is 0.176. The molecular formula is C12H13FN4O3. The molecule has 0 aromatic heterocycles. The highest BCUT2D eigenvalue weighted by atomic mass is 19.1. The molecule has 1 aromatic carbocycles. The first-order chi connectivity index (χ1) is 9.56. The quantitative estimate of drug-likeness (QED) is 0.701. The Morgan fingerprint density at radius 3 is 2.85 bits per heavy atom. The Bertz CT molecular complexity index is 533. The van der Waals surface area contributed by atoms with Crippen molar-refractivity contribution >= 4 is 23.7 Å². The van der Waals surface area contributed by atoms with Gasteiger partial charge in [0.25, 0.3) is 0 Å². The summed E-state index contributed by atoms with van der Waals surface area (Å²) in [4.78, 5) is 35.0. The molecule has 1 aliphatic rings. The van der Waals surface area contributed by atoms with E-state index in [-0.39, 0.29) is 25.5 Å². The molecule has 2 rings (SSSR count). The Hall–Kier alpha value is -2.64. The van der Waals surface area contributed by atoms with Gasteiger partial charge >= 0.3 is 12.1 Å². The average Bonchev–Trinajstić information content (AvgIpc) is 2.70. The molecule has 0 bridgehead atoms. The fourth-order valence-corrected chi connectivity index (χ4v) is 1.70. The van der Waals surface area contributed by atoms with Gasteiger partial charge in [0.2, 0.25) is 5.91 Å². The third-order valence-electron chi connectivity index (χ3n) is 2.64. The van der Waals surface area contributed by atoms with Crippen LogP contribution in [0.2, 0.25) is 0 Å². The number of imide groups is 1. The smallest absolute Gasteiger partial charge is 0.324 e. The summed E-state index contributed by atoms with van der Waals surface area (Å²) < 4.78 is 12.9. The molecule has 0 atom stereocenters. The Kier molecular flexibility index (Phi) is 4.14. The molecule has 0 spiro atoms. The standard InChI is InChI=1S/C12H13FN4O3/c13-8-2-1-3-9(6-8)16-11(19)14-4-5-17-10(18)7-15-12(17)20/h1-3,6H,4-5,7H2,(H,15,20)(H2,14,16,19). The zero-order valence-electron chi connectivity index (χ0n) is 10.5. The van der Waals surface area contributed by atoms with Gasteiger partial charge in [0.15, 0.2) is 0 Å². The maximum Gasteiger partial charge on any atom is 0.324 e. The Morgan fingerprint density at radius 2 is 2.20 bits per heavy atom. The number of carbonyl (C=O) groups is 3. The molecule has 1 aliphatic heterocycles. The second-order valence-corrected chi connectivity index (χ2v) is 4.10. The second kappa shape index (κ2) is 6.00. The zero-order chi connectivity index (χ0) is 14.5. The van der Waals surface area contributed by atoms with Crippen molar-refractivity contribution < 1.29 is 18.8 Å². The van der Waals surface area contributed by atoms with Gasteiger partial charge in [0.1, 0.15) is 5.82 Å². The maximum absolute atomic E-state index is 12.9. The van der Waals surface area contributed by atoms with Crippen LogP contribution in [0.15, 0.2) is 24.3 Å². The molecule has 0 saturated carbocycles. The number of nitrogens with zero attached hydrogens (tertiary/aromatic N) is 1. The van der Waals surface area contributed by atoms with E-state index in [4.69, 9.17) is 0 Å². The van der Waals surface area contributed by atoms with Gasteiger partial charge in [0.05, 0.1) is 6.54 Å². The maximum atomic E-state index is 12.9. The van der Waals surface area contributed by atoms with Crippen molar-refractivity contribution in [3.05, 3.63) is 30.1 Å². The van der Waals surface area contributed by atoms with Crippen LogP contribution in [-0.4, -0.2) is 42.5 Å². The summed E-state index contributed by atoms with van der Waals surface area (Å²) in [7, 11) is 0. The van der Waals surface area contributed by atoms with Crippen LogP contribution in [0.5, 0.6) is 0 Å². The van der Waals surface area contributed by atoms with Crippen LogP contribution in [0.1, 0.15) is 0 Å². The van der Waals surface area contributed by atoms with E-state index in [0.29, 0.717) is 5.69 Å². The third-order valence-corrected chi connectivity index (χ3v) is 2.64. The number of urea groups is 2. The molecule has 7 nitrogen and oxygen atoms in total. The zero-order valence-corrected chi connectivity index (χ0v) is 10.5. The van der Waals surface area contributed by atoms with E-state index in [9.17, 15) is 18.8 Å². The molecule has 20 heavy (non-hydrogen) atoms. The van der Waals surface area contributed by atoms with Crippen LogP contribution >= 0.6 is 0 Å². The van der Waals surface area contributed by atoms with Gasteiger partial charge in [-0.15, -0.1) is 0 Å². The summed E-state index contributed by atoms with van der Waals surface area (Å²) in [6.07, 6.45) is 0. The van der Waals surface area contributed by atoms with Crippen LogP contribution in [-0.2, 0) is 4.79 Å². The van der Waals surface area contributed by atoms with Crippen LogP contribution in [0.4, 0.5) is 19.7 Å². The lowest BCUT2D eigenvalue weighted by Gasteiger charge is -2.13. The highest BCUT2D eigenvalue weighted by molar-refractivity contribution is 6.02. The highest BCUT2D eigenvalue weighted by Gasteiger charge is 2.27. The monoisotopic (exact) mass is 280 g/mol. The largest absolute Gasteiger partial charge is 0.336 e. The van der Waals surface area contributed by atoms with E-state index in [2.05, 4.69) is 16.0 Å². The van der Waals surface area contributed by atoms with Gasteiger partial charge in [-0.2, -0.15) is 0 Å². The van der Waals surface area contributed by atoms with E-state index in [1.165, 1.54) is 18.2 Å². The summed E-state index contributed by atoms with van der Waals surface area (Å²) in [5.74, 6) is -0.788. The summed E-state index contributed by atoms with van der Waals surface area (Å²) >= 11 is 0. The Labute approximate surface area is 114 Å². The molecular weight excluding hydrogens is 267 g/mol. The molecule has 1 saturated heterocycles. The molecule has 0 unspecified atom stereocenters. The van der Waals surface area contributed by atoms with Crippen molar-refractivity contribution in [3.63, 3.8) is 0 Å². The lowest BCUT2D eigenvalue weighted by Crippen LogP contribution is -2.39. The predicted molar refractivity (Wildman–Crippen MR) is 68.5 cm³/mol.